The molecule has 0 unspecified atom stereocenters. The number of nitro groups is 1. The average molecular weight is 506 g/mol. The molecule has 1 heterocycles. The van der Waals surface area contributed by atoms with Gasteiger partial charge < -0.3 is 19.1 Å². The number of benzene rings is 3. The standard InChI is InChI=1S/C28H31N3O6/c1-35-25-7-5-4-6-24(25)28(32)30(23-12-13-26(36-2)27(18-23)37-3)21-14-16-29(17-15-21)19-20-8-10-22(11-9-20)31(33)34/h4-13,18,21H,14-17,19H2,1-3H3. The van der Waals surface area contributed by atoms with Crippen LogP contribution < -0.4 is 19.1 Å². The molecule has 1 amide bonds. The van der Waals surface area contributed by atoms with Crippen molar-refractivity contribution in [2.75, 3.05) is 39.3 Å². The van der Waals surface area contributed by atoms with Crippen LogP contribution in [-0.2, 0) is 6.54 Å². The first-order valence-electron chi connectivity index (χ1n) is 12.1. The van der Waals surface area contributed by atoms with Crippen LogP contribution in [0.25, 0.3) is 0 Å². The van der Waals surface area contributed by atoms with Crippen LogP contribution in [0.4, 0.5) is 11.4 Å². The number of likely N-dealkylation sites (tertiary alicyclic amines) is 1. The predicted octanol–water partition coefficient (Wildman–Crippen LogP) is 4.93. The topological polar surface area (TPSA) is 94.4 Å². The Bertz CT molecular complexity index is 1240. The lowest BCUT2D eigenvalue weighted by Crippen LogP contribution is -2.47. The summed E-state index contributed by atoms with van der Waals surface area (Å²) < 4.78 is 16.4. The van der Waals surface area contributed by atoms with Crippen molar-refractivity contribution in [3.05, 3.63) is 88.0 Å². The maximum atomic E-state index is 13.9. The van der Waals surface area contributed by atoms with Crippen molar-refractivity contribution in [3.8, 4) is 17.2 Å². The molecular weight excluding hydrogens is 474 g/mol. The summed E-state index contributed by atoms with van der Waals surface area (Å²) in [6, 6.07) is 19.4. The van der Waals surface area contributed by atoms with E-state index in [0.717, 1.165) is 37.2 Å². The molecule has 0 bridgehead atoms. The number of anilines is 1. The van der Waals surface area contributed by atoms with Crippen LogP contribution in [0.3, 0.4) is 0 Å². The van der Waals surface area contributed by atoms with E-state index in [1.165, 1.54) is 12.1 Å². The van der Waals surface area contributed by atoms with Crippen LogP contribution in [-0.4, -0.2) is 56.2 Å². The highest BCUT2D eigenvalue weighted by atomic mass is 16.6. The predicted molar refractivity (Wildman–Crippen MR) is 141 cm³/mol. The Labute approximate surface area is 216 Å². The average Bonchev–Trinajstić information content (AvgIpc) is 2.94. The highest BCUT2D eigenvalue weighted by Gasteiger charge is 2.31. The van der Waals surface area contributed by atoms with Crippen molar-refractivity contribution in [3.63, 3.8) is 0 Å². The number of amides is 1. The van der Waals surface area contributed by atoms with E-state index in [2.05, 4.69) is 4.90 Å². The van der Waals surface area contributed by atoms with Crippen molar-refractivity contribution in [2.45, 2.75) is 25.4 Å². The van der Waals surface area contributed by atoms with E-state index in [1.807, 2.05) is 29.2 Å². The Hall–Kier alpha value is -4.11. The van der Waals surface area contributed by atoms with Crippen molar-refractivity contribution in [1.82, 2.24) is 4.90 Å². The summed E-state index contributed by atoms with van der Waals surface area (Å²) in [7, 11) is 4.71. The van der Waals surface area contributed by atoms with Crippen LogP contribution in [0.15, 0.2) is 66.7 Å². The van der Waals surface area contributed by atoms with E-state index in [1.54, 1.807) is 51.7 Å². The van der Waals surface area contributed by atoms with Crippen molar-refractivity contribution >= 4 is 17.3 Å². The van der Waals surface area contributed by atoms with E-state index in [4.69, 9.17) is 14.2 Å². The van der Waals surface area contributed by atoms with Gasteiger partial charge in [0.2, 0.25) is 0 Å². The molecule has 4 rings (SSSR count). The number of nitro benzene ring substituents is 1. The summed E-state index contributed by atoms with van der Waals surface area (Å²) in [5, 5.41) is 10.9. The van der Waals surface area contributed by atoms with Gasteiger partial charge in [-0.1, -0.05) is 24.3 Å². The van der Waals surface area contributed by atoms with Gasteiger partial charge in [-0.15, -0.1) is 0 Å². The third-order valence-electron chi connectivity index (χ3n) is 6.68. The molecule has 9 heteroatoms. The molecule has 37 heavy (non-hydrogen) atoms. The number of nitrogens with zero attached hydrogens (tertiary/aromatic N) is 3. The lowest BCUT2D eigenvalue weighted by Gasteiger charge is -2.39. The molecule has 0 atom stereocenters. The molecule has 0 spiro atoms. The van der Waals surface area contributed by atoms with Gasteiger partial charge in [0.1, 0.15) is 5.75 Å². The first kappa shape index (κ1) is 26.0. The summed E-state index contributed by atoms with van der Waals surface area (Å²) in [5.41, 5.74) is 2.32. The second-order valence-corrected chi connectivity index (χ2v) is 8.85. The zero-order chi connectivity index (χ0) is 26.4. The number of piperidine rings is 1. The minimum atomic E-state index is -0.392. The Morgan fingerprint density at radius 1 is 0.919 bits per heavy atom. The van der Waals surface area contributed by atoms with Gasteiger partial charge in [-0.2, -0.15) is 0 Å². The van der Waals surface area contributed by atoms with Crippen LogP contribution in [0.2, 0.25) is 0 Å². The monoisotopic (exact) mass is 505 g/mol. The zero-order valence-corrected chi connectivity index (χ0v) is 21.3. The van der Waals surface area contributed by atoms with E-state index < -0.39 is 4.92 Å². The smallest absolute Gasteiger partial charge is 0.269 e. The molecule has 1 aliphatic rings. The molecule has 3 aromatic rings. The van der Waals surface area contributed by atoms with Crippen LogP contribution in [0, 0.1) is 10.1 Å². The number of carbonyl (C=O) groups excluding carboxylic acids is 1. The van der Waals surface area contributed by atoms with E-state index >= 15 is 0 Å². The third-order valence-corrected chi connectivity index (χ3v) is 6.68. The fourth-order valence-corrected chi connectivity index (χ4v) is 4.74. The summed E-state index contributed by atoms with van der Waals surface area (Å²) >= 11 is 0. The van der Waals surface area contributed by atoms with E-state index in [9.17, 15) is 14.9 Å². The third kappa shape index (κ3) is 5.83. The highest BCUT2D eigenvalue weighted by molar-refractivity contribution is 6.08. The first-order chi connectivity index (χ1) is 17.9. The quantitative estimate of drug-likeness (QED) is 0.301. The first-order valence-corrected chi connectivity index (χ1v) is 12.1. The minimum Gasteiger partial charge on any atom is -0.496 e. The molecule has 0 N–H and O–H groups in total. The van der Waals surface area contributed by atoms with Crippen molar-refractivity contribution in [2.24, 2.45) is 0 Å². The number of rotatable bonds is 9. The zero-order valence-electron chi connectivity index (χ0n) is 21.3. The van der Waals surface area contributed by atoms with Gasteiger partial charge in [0.05, 0.1) is 31.8 Å². The second kappa shape index (κ2) is 11.7. The van der Waals surface area contributed by atoms with Crippen LogP contribution in [0.5, 0.6) is 17.2 Å². The van der Waals surface area contributed by atoms with Crippen molar-refractivity contribution in [1.29, 1.82) is 0 Å². The fourth-order valence-electron chi connectivity index (χ4n) is 4.74. The van der Waals surface area contributed by atoms with Crippen LogP contribution in [0.1, 0.15) is 28.8 Å². The SMILES string of the molecule is COc1ccc(N(C(=O)c2ccccc2OC)C2CCN(Cc3ccc([N+](=O)[O-])cc3)CC2)cc1OC. The molecule has 9 nitrogen and oxygen atoms in total. The molecule has 1 fully saturated rings. The number of methoxy groups -OCH3 is 3. The van der Waals surface area contributed by atoms with Gasteiger partial charge in [0.25, 0.3) is 11.6 Å². The summed E-state index contributed by atoms with van der Waals surface area (Å²) in [5.74, 6) is 1.52. The minimum absolute atomic E-state index is 0.0383. The number of para-hydroxylation sites is 1. The Morgan fingerprint density at radius 2 is 1.57 bits per heavy atom. The van der Waals surface area contributed by atoms with E-state index in [0.29, 0.717) is 29.4 Å². The fraction of sp³-hybridized carbons (Fsp3) is 0.321. The van der Waals surface area contributed by atoms with Gasteiger partial charge in [0.15, 0.2) is 11.5 Å². The normalized spacial score (nSPS) is 14.1. The molecule has 0 aliphatic carbocycles. The Kier molecular flexibility index (Phi) is 8.25. The van der Waals surface area contributed by atoms with Crippen LogP contribution >= 0.6 is 0 Å². The number of hydrogen-bond donors (Lipinski definition) is 0. The maximum absolute atomic E-state index is 13.9. The molecule has 0 saturated carbocycles. The molecule has 3 aromatic carbocycles. The number of ether oxygens (including phenoxy) is 3. The Balaban J connectivity index is 1.57. The Morgan fingerprint density at radius 3 is 2.19 bits per heavy atom. The summed E-state index contributed by atoms with van der Waals surface area (Å²) in [4.78, 5) is 28.6. The lowest BCUT2D eigenvalue weighted by molar-refractivity contribution is -0.384. The van der Waals surface area contributed by atoms with Gasteiger partial charge in [-0.3, -0.25) is 19.8 Å². The second-order valence-electron chi connectivity index (χ2n) is 8.85. The maximum Gasteiger partial charge on any atom is 0.269 e. The largest absolute Gasteiger partial charge is 0.496 e. The van der Waals surface area contributed by atoms with Gasteiger partial charge in [0, 0.05) is 49.6 Å². The van der Waals surface area contributed by atoms with E-state index in [-0.39, 0.29) is 17.6 Å². The van der Waals surface area contributed by atoms with Crippen molar-refractivity contribution < 1.29 is 23.9 Å². The molecule has 1 saturated heterocycles. The van der Waals surface area contributed by atoms with Gasteiger partial charge >= 0.3 is 0 Å². The lowest BCUT2D eigenvalue weighted by atomic mass is 9.99. The highest BCUT2D eigenvalue weighted by Crippen LogP contribution is 2.35. The summed E-state index contributed by atoms with van der Waals surface area (Å²) in [6.07, 6.45) is 1.53. The summed E-state index contributed by atoms with van der Waals surface area (Å²) in [6.45, 7) is 2.26. The molecule has 0 aromatic heterocycles. The number of carbonyl (C=O) groups is 1. The molecule has 1 aliphatic heterocycles. The molecule has 194 valence electrons. The van der Waals surface area contributed by atoms with Gasteiger partial charge in [-0.05, 0) is 42.7 Å². The number of hydrogen-bond acceptors (Lipinski definition) is 7. The van der Waals surface area contributed by atoms with Gasteiger partial charge in [-0.25, -0.2) is 0 Å². The number of non-ortho nitro benzene ring substituents is 1. The molecule has 0 radical (unpaired) electrons. The molecular formula is C28H31N3O6.